The molecule has 0 unspecified atom stereocenters. The maximum absolute atomic E-state index is 11.9. The molecule has 2 amide bonds. The molecule has 1 aromatic rings. The van der Waals surface area contributed by atoms with Crippen molar-refractivity contribution < 1.29 is 19.1 Å². The second-order valence-corrected chi connectivity index (χ2v) is 6.05. The maximum atomic E-state index is 11.9. The number of carbonyl (C=O) groups excluding carboxylic acids is 3. The molecule has 0 bridgehead atoms. The number of nitrogens with one attached hydrogen (secondary N) is 1. The lowest BCUT2D eigenvalue weighted by Crippen LogP contribution is -2.40. The van der Waals surface area contributed by atoms with Gasteiger partial charge in [-0.2, -0.15) is 0 Å². The zero-order valence-electron chi connectivity index (χ0n) is 12.5. The molecule has 0 radical (unpaired) electrons. The van der Waals surface area contributed by atoms with E-state index in [0.29, 0.717) is 0 Å². The van der Waals surface area contributed by atoms with Gasteiger partial charge < -0.3 is 15.0 Å². The second kappa shape index (κ2) is 7.66. The molecule has 1 aliphatic rings. The molecule has 1 aromatic carbocycles. The number of likely N-dealkylation sites (N-methyl/N-ethyl adjacent to an activating group) is 1. The van der Waals surface area contributed by atoms with Gasteiger partial charge in [0.15, 0.2) is 6.61 Å². The van der Waals surface area contributed by atoms with E-state index in [1.165, 1.54) is 24.1 Å². The summed E-state index contributed by atoms with van der Waals surface area (Å²) in [6.45, 7) is -0.556. The largest absolute Gasteiger partial charge is 0.452 e. The average Bonchev–Trinajstić information content (AvgIpc) is 3.30. The molecule has 1 saturated carbocycles. The fraction of sp³-hybridized carbons (Fsp3) is 0.400. The lowest BCUT2D eigenvalue weighted by molar-refractivity contribution is -0.137. The molecule has 1 N–H and O–H groups in total. The number of carbonyl (C=O) groups is 3. The molecule has 6 nitrogen and oxygen atoms in total. The summed E-state index contributed by atoms with van der Waals surface area (Å²) in [6.07, 6.45) is 1.95. The van der Waals surface area contributed by atoms with Crippen molar-refractivity contribution in [1.29, 1.82) is 0 Å². The minimum Gasteiger partial charge on any atom is -0.452 e. The summed E-state index contributed by atoms with van der Waals surface area (Å²) in [6, 6.07) is 4.78. The van der Waals surface area contributed by atoms with Crippen LogP contribution in [0.2, 0.25) is 10.0 Å². The topological polar surface area (TPSA) is 75.7 Å². The molecule has 0 atom stereocenters. The lowest BCUT2D eigenvalue weighted by atomic mass is 10.2. The summed E-state index contributed by atoms with van der Waals surface area (Å²) in [5.74, 6) is -1.46. The predicted molar refractivity (Wildman–Crippen MR) is 85.5 cm³/mol. The number of ether oxygens (including phenoxy) is 1. The summed E-state index contributed by atoms with van der Waals surface area (Å²) in [4.78, 5) is 36.6. The molecular weight excluding hydrogens is 343 g/mol. The number of halogens is 2. The van der Waals surface area contributed by atoms with E-state index in [1.807, 2.05) is 0 Å². The van der Waals surface area contributed by atoms with E-state index in [-0.39, 0.29) is 34.1 Å². The van der Waals surface area contributed by atoms with E-state index in [9.17, 15) is 14.4 Å². The monoisotopic (exact) mass is 358 g/mol. The first-order valence-corrected chi connectivity index (χ1v) is 7.78. The summed E-state index contributed by atoms with van der Waals surface area (Å²) in [5, 5.41) is 3.07. The van der Waals surface area contributed by atoms with E-state index in [1.54, 1.807) is 6.07 Å². The Balaban J connectivity index is 1.81. The van der Waals surface area contributed by atoms with Gasteiger partial charge in [0.05, 0.1) is 22.2 Å². The van der Waals surface area contributed by atoms with Crippen molar-refractivity contribution in [2.24, 2.45) is 0 Å². The Bertz CT molecular complexity index is 632. The van der Waals surface area contributed by atoms with E-state index < -0.39 is 18.5 Å². The molecule has 1 aliphatic carbocycles. The van der Waals surface area contributed by atoms with Gasteiger partial charge >= 0.3 is 5.97 Å². The standard InChI is InChI=1S/C15H16Cl2N2O4/c1-19(7-12(20)18-9-5-6-9)13(21)8-23-15(22)10-3-2-4-11(16)14(10)17/h2-4,9H,5-8H2,1H3,(H,18,20). The fourth-order valence-electron chi connectivity index (χ4n) is 1.78. The predicted octanol–water partition coefficient (Wildman–Crippen LogP) is 1.89. The van der Waals surface area contributed by atoms with E-state index in [4.69, 9.17) is 27.9 Å². The van der Waals surface area contributed by atoms with Crippen LogP contribution in [0, 0.1) is 0 Å². The van der Waals surface area contributed by atoms with Crippen molar-refractivity contribution >= 4 is 41.0 Å². The molecular formula is C15H16Cl2N2O4. The van der Waals surface area contributed by atoms with Crippen LogP contribution in [0.3, 0.4) is 0 Å². The number of hydrogen-bond donors (Lipinski definition) is 1. The zero-order valence-corrected chi connectivity index (χ0v) is 14.0. The van der Waals surface area contributed by atoms with Crippen molar-refractivity contribution in [1.82, 2.24) is 10.2 Å². The molecule has 0 heterocycles. The van der Waals surface area contributed by atoms with Crippen LogP contribution < -0.4 is 5.32 Å². The van der Waals surface area contributed by atoms with Crippen LogP contribution in [0.15, 0.2) is 18.2 Å². The number of nitrogens with zero attached hydrogens (tertiary/aromatic N) is 1. The van der Waals surface area contributed by atoms with Crippen LogP contribution in [0.1, 0.15) is 23.2 Å². The number of esters is 1. The van der Waals surface area contributed by atoms with Gasteiger partial charge in [-0.3, -0.25) is 9.59 Å². The van der Waals surface area contributed by atoms with E-state index in [2.05, 4.69) is 5.32 Å². The van der Waals surface area contributed by atoms with Gasteiger partial charge in [-0.25, -0.2) is 4.79 Å². The third-order valence-electron chi connectivity index (χ3n) is 3.25. The van der Waals surface area contributed by atoms with Gasteiger partial charge in [0.1, 0.15) is 0 Å². The van der Waals surface area contributed by atoms with Crippen LogP contribution in [0.4, 0.5) is 0 Å². The Hall–Kier alpha value is -1.79. The zero-order chi connectivity index (χ0) is 17.0. The highest BCUT2D eigenvalue weighted by molar-refractivity contribution is 6.43. The van der Waals surface area contributed by atoms with Gasteiger partial charge in [-0.15, -0.1) is 0 Å². The fourth-order valence-corrected chi connectivity index (χ4v) is 2.16. The molecule has 2 rings (SSSR count). The number of benzene rings is 1. The van der Waals surface area contributed by atoms with E-state index in [0.717, 1.165) is 12.8 Å². The van der Waals surface area contributed by atoms with Crippen molar-refractivity contribution in [2.75, 3.05) is 20.2 Å². The highest BCUT2D eigenvalue weighted by Crippen LogP contribution is 2.26. The average molecular weight is 359 g/mol. The Morgan fingerprint density at radius 3 is 2.65 bits per heavy atom. The summed E-state index contributed by atoms with van der Waals surface area (Å²) in [5.41, 5.74) is 0.0843. The summed E-state index contributed by atoms with van der Waals surface area (Å²) in [7, 11) is 1.47. The quantitative estimate of drug-likeness (QED) is 0.787. The third kappa shape index (κ3) is 5.11. The van der Waals surface area contributed by atoms with Crippen LogP contribution in [0.5, 0.6) is 0 Å². The van der Waals surface area contributed by atoms with Gasteiger partial charge in [0.2, 0.25) is 5.91 Å². The first-order valence-electron chi connectivity index (χ1n) is 7.03. The first kappa shape index (κ1) is 17.6. The van der Waals surface area contributed by atoms with E-state index >= 15 is 0 Å². The van der Waals surface area contributed by atoms with Crippen molar-refractivity contribution in [3.63, 3.8) is 0 Å². The highest BCUT2D eigenvalue weighted by atomic mass is 35.5. The third-order valence-corrected chi connectivity index (χ3v) is 4.07. The van der Waals surface area contributed by atoms with Crippen molar-refractivity contribution in [2.45, 2.75) is 18.9 Å². The van der Waals surface area contributed by atoms with Gasteiger partial charge in [-0.1, -0.05) is 29.3 Å². The van der Waals surface area contributed by atoms with Crippen molar-refractivity contribution in [3.05, 3.63) is 33.8 Å². The lowest BCUT2D eigenvalue weighted by Gasteiger charge is -2.16. The molecule has 1 fully saturated rings. The first-order chi connectivity index (χ1) is 10.9. The smallest absolute Gasteiger partial charge is 0.340 e. The molecule has 0 spiro atoms. The number of amides is 2. The normalized spacial score (nSPS) is 13.3. The summed E-state index contributed by atoms with van der Waals surface area (Å²) >= 11 is 11.7. The number of rotatable bonds is 6. The van der Waals surface area contributed by atoms with Crippen molar-refractivity contribution in [3.8, 4) is 0 Å². The van der Waals surface area contributed by atoms with Crippen LogP contribution in [-0.4, -0.2) is 48.9 Å². The summed E-state index contributed by atoms with van der Waals surface area (Å²) < 4.78 is 4.92. The molecule has 8 heteroatoms. The molecule has 0 saturated heterocycles. The SMILES string of the molecule is CN(CC(=O)NC1CC1)C(=O)COC(=O)c1cccc(Cl)c1Cl. The molecule has 0 aliphatic heterocycles. The maximum Gasteiger partial charge on any atom is 0.340 e. The minimum atomic E-state index is -0.748. The van der Waals surface area contributed by atoms with Gasteiger partial charge in [0.25, 0.3) is 5.91 Å². The molecule has 0 aromatic heterocycles. The second-order valence-electron chi connectivity index (χ2n) is 5.27. The minimum absolute atomic E-state index is 0.0729. The molecule has 124 valence electrons. The Labute approximate surface area is 143 Å². The number of hydrogen-bond acceptors (Lipinski definition) is 4. The Morgan fingerprint density at radius 2 is 2.00 bits per heavy atom. The Morgan fingerprint density at radius 1 is 1.30 bits per heavy atom. The Kier molecular flexibility index (Phi) is 5.85. The van der Waals surface area contributed by atoms with Crippen LogP contribution in [0.25, 0.3) is 0 Å². The highest BCUT2D eigenvalue weighted by Gasteiger charge is 2.24. The van der Waals surface area contributed by atoms with Crippen LogP contribution >= 0.6 is 23.2 Å². The van der Waals surface area contributed by atoms with Gasteiger partial charge in [0, 0.05) is 13.1 Å². The van der Waals surface area contributed by atoms with Crippen LogP contribution in [-0.2, 0) is 14.3 Å². The van der Waals surface area contributed by atoms with Gasteiger partial charge in [-0.05, 0) is 25.0 Å². The molecule has 23 heavy (non-hydrogen) atoms.